The molecule has 2 aromatic carbocycles. The van der Waals surface area contributed by atoms with E-state index in [1.54, 1.807) is 0 Å². The van der Waals surface area contributed by atoms with Crippen molar-refractivity contribution < 1.29 is 21.7 Å². The lowest BCUT2D eigenvalue weighted by Gasteiger charge is -1.95. The van der Waals surface area contributed by atoms with Crippen LogP contribution in [0.15, 0.2) is 77.2 Å². The van der Waals surface area contributed by atoms with Crippen molar-refractivity contribution in [3.05, 3.63) is 78.4 Å². The largest absolute Gasteiger partial charge is 0.673 e. The maximum atomic E-state index is 9.75. The fourth-order valence-electron chi connectivity index (χ4n) is 2.04. The van der Waals surface area contributed by atoms with E-state index in [2.05, 4.69) is 43.3 Å². The van der Waals surface area contributed by atoms with E-state index < -0.39 is 7.25 Å². The smallest absolute Gasteiger partial charge is 0.418 e. The van der Waals surface area contributed by atoms with Gasteiger partial charge in [0.1, 0.15) is 0 Å². The lowest BCUT2D eigenvalue weighted by molar-refractivity contribution is 0.368. The summed E-state index contributed by atoms with van der Waals surface area (Å²) in [6.45, 7) is 2.08. The third-order valence-corrected chi connectivity index (χ3v) is 3.11. The topological polar surface area (TPSA) is 11.3 Å². The molecule has 0 aliphatic rings. The molecule has 0 unspecified atom stereocenters. The lowest BCUT2D eigenvalue weighted by atomic mass is 10.1. The average Bonchev–Trinajstić information content (AvgIpc) is 2.55. The second-order valence-electron chi connectivity index (χ2n) is 5.08. The van der Waals surface area contributed by atoms with E-state index in [9.17, 15) is 17.3 Å². The predicted octanol–water partition coefficient (Wildman–Crippen LogP) is 6.50. The molecule has 124 valence electrons. The molecule has 0 N–H and O–H groups in total. The van der Waals surface area contributed by atoms with Gasteiger partial charge in [0.25, 0.3) is 0 Å². The molecule has 24 heavy (non-hydrogen) atoms. The fourth-order valence-corrected chi connectivity index (χ4v) is 2.04. The van der Waals surface area contributed by atoms with Crippen molar-refractivity contribution in [3.8, 4) is 22.6 Å². The molecule has 0 bridgehead atoms. The molecular formula is C18H15BF4O. The Labute approximate surface area is 137 Å². The van der Waals surface area contributed by atoms with Crippen molar-refractivity contribution in [3.63, 3.8) is 0 Å². The molecule has 0 radical (unpaired) electrons. The Hall–Kier alpha value is -2.63. The zero-order chi connectivity index (χ0) is 17.6. The summed E-state index contributed by atoms with van der Waals surface area (Å²) in [5.74, 6) is 1.78. The monoisotopic (exact) mass is 334 g/mol. The van der Waals surface area contributed by atoms with E-state index in [4.69, 9.17) is 4.42 Å². The van der Waals surface area contributed by atoms with E-state index in [0.29, 0.717) is 0 Å². The van der Waals surface area contributed by atoms with Crippen LogP contribution in [0, 0.1) is 6.92 Å². The minimum absolute atomic E-state index is 0.888. The average molecular weight is 334 g/mol. The molecule has 0 spiro atoms. The van der Waals surface area contributed by atoms with Crippen LogP contribution >= 0.6 is 0 Å². The molecule has 0 fully saturated rings. The highest BCUT2D eigenvalue weighted by molar-refractivity contribution is 6.50. The molecule has 0 saturated carbocycles. The van der Waals surface area contributed by atoms with E-state index in [-0.39, 0.29) is 0 Å². The Morgan fingerprint density at radius 1 is 0.625 bits per heavy atom. The van der Waals surface area contributed by atoms with Gasteiger partial charge in [-0.1, -0.05) is 35.9 Å². The van der Waals surface area contributed by atoms with Crippen molar-refractivity contribution >= 4 is 7.25 Å². The summed E-state index contributed by atoms with van der Waals surface area (Å²) < 4.78 is 45.0. The van der Waals surface area contributed by atoms with Gasteiger partial charge in [0, 0.05) is 12.1 Å². The minimum Gasteiger partial charge on any atom is -0.418 e. The Balaban J connectivity index is 0.000000368. The first-order valence-corrected chi connectivity index (χ1v) is 7.26. The van der Waals surface area contributed by atoms with Crippen molar-refractivity contribution in [2.45, 2.75) is 6.92 Å². The molecule has 1 heterocycles. The normalized spacial score (nSPS) is 10.7. The second-order valence-corrected chi connectivity index (χ2v) is 5.08. The minimum atomic E-state index is -6.00. The van der Waals surface area contributed by atoms with Crippen LogP contribution in [0.3, 0.4) is 0 Å². The number of aryl methyl sites for hydroxylation is 1. The SMILES string of the molecule is Cc1ccc(-c2cccc(-c3ccccc3)[o+]2)cc1.F[B-](F)(F)F. The Morgan fingerprint density at radius 2 is 1.08 bits per heavy atom. The number of benzene rings is 2. The van der Waals surface area contributed by atoms with Crippen LogP contribution in [-0.2, 0) is 0 Å². The molecule has 3 aromatic rings. The Morgan fingerprint density at radius 3 is 1.58 bits per heavy atom. The second kappa shape index (κ2) is 7.77. The van der Waals surface area contributed by atoms with Gasteiger partial charge in [-0.15, -0.1) is 0 Å². The number of hydrogen-bond acceptors (Lipinski definition) is 0. The maximum Gasteiger partial charge on any atom is 0.673 e. The molecule has 1 aromatic heterocycles. The van der Waals surface area contributed by atoms with Crippen LogP contribution in [-0.4, -0.2) is 7.25 Å². The molecular weight excluding hydrogens is 319 g/mol. The highest BCUT2D eigenvalue weighted by atomic mass is 19.5. The predicted molar refractivity (Wildman–Crippen MR) is 88.9 cm³/mol. The van der Waals surface area contributed by atoms with E-state index >= 15 is 0 Å². The summed E-state index contributed by atoms with van der Waals surface area (Å²) in [6, 6.07) is 24.5. The van der Waals surface area contributed by atoms with Crippen LogP contribution < -0.4 is 0 Å². The molecule has 1 nitrogen and oxygen atoms in total. The van der Waals surface area contributed by atoms with Gasteiger partial charge in [-0.25, -0.2) is 4.42 Å². The molecule has 0 aliphatic heterocycles. The first-order valence-electron chi connectivity index (χ1n) is 7.26. The van der Waals surface area contributed by atoms with Gasteiger partial charge in [-0.3, -0.25) is 0 Å². The third-order valence-electron chi connectivity index (χ3n) is 3.11. The molecule has 0 amide bonds. The zero-order valence-corrected chi connectivity index (χ0v) is 12.9. The molecule has 0 aliphatic carbocycles. The van der Waals surface area contributed by atoms with Crippen molar-refractivity contribution in [2.75, 3.05) is 0 Å². The zero-order valence-electron chi connectivity index (χ0n) is 12.9. The molecule has 6 heteroatoms. The summed E-state index contributed by atoms with van der Waals surface area (Å²) in [5, 5.41) is 0. The third kappa shape index (κ3) is 5.87. The summed E-state index contributed by atoms with van der Waals surface area (Å²) in [7, 11) is -6.00. The Bertz CT molecular complexity index is 765. The summed E-state index contributed by atoms with van der Waals surface area (Å²) in [5.41, 5.74) is 3.45. The first-order chi connectivity index (χ1) is 11.3. The van der Waals surface area contributed by atoms with Gasteiger partial charge in [-0.05, 0) is 37.3 Å². The van der Waals surface area contributed by atoms with Gasteiger partial charge in [-0.2, -0.15) is 0 Å². The molecule has 3 rings (SSSR count). The molecule has 0 saturated heterocycles. The van der Waals surface area contributed by atoms with Gasteiger partial charge in [0.2, 0.25) is 0 Å². The number of hydrogen-bond donors (Lipinski definition) is 0. The van der Waals surface area contributed by atoms with Gasteiger partial charge >= 0.3 is 18.8 Å². The van der Waals surface area contributed by atoms with Crippen LogP contribution in [0.2, 0.25) is 0 Å². The number of rotatable bonds is 2. The Kier molecular flexibility index (Phi) is 5.74. The van der Waals surface area contributed by atoms with E-state index in [0.717, 1.165) is 22.6 Å². The van der Waals surface area contributed by atoms with Crippen molar-refractivity contribution in [2.24, 2.45) is 0 Å². The van der Waals surface area contributed by atoms with Gasteiger partial charge in [0.05, 0.1) is 11.1 Å². The van der Waals surface area contributed by atoms with Crippen molar-refractivity contribution in [1.29, 1.82) is 0 Å². The molecule has 0 atom stereocenters. The summed E-state index contributed by atoms with van der Waals surface area (Å²) in [6.07, 6.45) is 0. The van der Waals surface area contributed by atoms with Crippen molar-refractivity contribution in [1.82, 2.24) is 0 Å². The van der Waals surface area contributed by atoms with E-state index in [1.165, 1.54) is 5.56 Å². The van der Waals surface area contributed by atoms with Gasteiger partial charge < -0.3 is 17.3 Å². The highest BCUT2D eigenvalue weighted by Gasteiger charge is 2.20. The summed E-state index contributed by atoms with van der Waals surface area (Å²) >= 11 is 0. The first kappa shape index (κ1) is 17.7. The quantitative estimate of drug-likeness (QED) is 0.296. The highest BCUT2D eigenvalue weighted by Crippen LogP contribution is 2.26. The van der Waals surface area contributed by atoms with Crippen LogP contribution in [0.1, 0.15) is 5.56 Å². The fraction of sp³-hybridized carbons (Fsp3) is 0.0556. The summed E-state index contributed by atoms with van der Waals surface area (Å²) in [4.78, 5) is 0. The van der Waals surface area contributed by atoms with Gasteiger partial charge in [0.15, 0.2) is 0 Å². The van der Waals surface area contributed by atoms with E-state index in [1.807, 2.05) is 36.4 Å². The van der Waals surface area contributed by atoms with Crippen LogP contribution in [0.25, 0.3) is 22.6 Å². The standard InChI is InChI=1S/C18H15O.BF4/c1-14-10-12-16(13-11-14)18-9-5-8-17(19-18)15-6-3-2-4-7-15;2-1(3,4)5/h2-13H,1H3;/q+1;-1. The van der Waals surface area contributed by atoms with Crippen LogP contribution in [0.5, 0.6) is 0 Å². The van der Waals surface area contributed by atoms with Crippen LogP contribution in [0.4, 0.5) is 17.3 Å². The maximum absolute atomic E-state index is 9.75. The number of halogens is 4. The lowest BCUT2D eigenvalue weighted by Crippen LogP contribution is -2.02.